The zero-order chi connectivity index (χ0) is 8.43. The van der Waals surface area contributed by atoms with Gasteiger partial charge < -0.3 is 10.8 Å². The Morgan fingerprint density at radius 1 is 1.55 bits per heavy atom. The normalized spacial score (nSPS) is 13.0. The van der Waals surface area contributed by atoms with Gasteiger partial charge >= 0.3 is 0 Å². The second-order valence-electron chi connectivity index (χ2n) is 2.46. The Morgan fingerprint density at radius 3 is 2.64 bits per heavy atom. The predicted octanol–water partition coefficient (Wildman–Crippen LogP) is 1.93. The molecule has 0 amide bonds. The number of aliphatic hydroxyl groups is 1. The molecule has 1 aromatic carbocycles. The third-order valence-corrected chi connectivity index (χ3v) is 2.41. The highest BCUT2D eigenvalue weighted by Gasteiger charge is 2.04. The van der Waals surface area contributed by atoms with E-state index in [9.17, 15) is 5.11 Å². The van der Waals surface area contributed by atoms with Gasteiger partial charge in [-0.25, -0.2) is 0 Å². The van der Waals surface area contributed by atoms with E-state index in [0.717, 1.165) is 14.8 Å². The lowest BCUT2D eigenvalue weighted by Crippen LogP contribution is -1.95. The lowest BCUT2D eigenvalue weighted by atomic mass is 10.1. The molecule has 1 aromatic rings. The Hall–Kier alpha value is -0.290. The van der Waals surface area contributed by atoms with Crippen LogP contribution in [0, 0.1) is 3.57 Å². The minimum Gasteiger partial charge on any atom is -0.399 e. The van der Waals surface area contributed by atoms with Gasteiger partial charge in [0.05, 0.1) is 6.10 Å². The van der Waals surface area contributed by atoms with Crippen molar-refractivity contribution in [1.82, 2.24) is 0 Å². The first-order chi connectivity index (χ1) is 5.11. The second kappa shape index (κ2) is 3.40. The van der Waals surface area contributed by atoms with Crippen molar-refractivity contribution in [2.45, 2.75) is 13.0 Å². The zero-order valence-electron chi connectivity index (χ0n) is 6.21. The summed E-state index contributed by atoms with van der Waals surface area (Å²) in [4.78, 5) is 0. The molecule has 0 saturated carbocycles. The maximum atomic E-state index is 9.25. The van der Waals surface area contributed by atoms with Crippen LogP contribution in [0.3, 0.4) is 0 Å². The molecule has 0 aliphatic rings. The van der Waals surface area contributed by atoms with Crippen molar-refractivity contribution in [3.8, 4) is 0 Å². The van der Waals surface area contributed by atoms with Crippen LogP contribution in [0.5, 0.6) is 0 Å². The minimum absolute atomic E-state index is 0.414. The van der Waals surface area contributed by atoms with Gasteiger partial charge in [0.1, 0.15) is 0 Å². The summed E-state index contributed by atoms with van der Waals surface area (Å²) < 4.78 is 1.01. The van der Waals surface area contributed by atoms with Gasteiger partial charge in [0.2, 0.25) is 0 Å². The highest BCUT2D eigenvalue weighted by Crippen LogP contribution is 2.21. The molecule has 60 valence electrons. The smallest absolute Gasteiger partial charge is 0.0772 e. The van der Waals surface area contributed by atoms with Crippen molar-refractivity contribution in [2.75, 3.05) is 5.73 Å². The fourth-order valence-electron chi connectivity index (χ4n) is 0.882. The van der Waals surface area contributed by atoms with E-state index < -0.39 is 6.10 Å². The molecule has 0 radical (unpaired) electrons. The van der Waals surface area contributed by atoms with Crippen LogP contribution in [0.15, 0.2) is 18.2 Å². The monoisotopic (exact) mass is 263 g/mol. The average Bonchev–Trinajstić information content (AvgIpc) is 1.85. The number of halogens is 1. The van der Waals surface area contributed by atoms with Crippen LogP contribution in [0.4, 0.5) is 5.69 Å². The fourth-order valence-corrected chi connectivity index (χ4v) is 1.87. The van der Waals surface area contributed by atoms with Gasteiger partial charge in [0.25, 0.3) is 0 Å². The standard InChI is InChI=1S/C8H10INO/c1-5(11)7-3-2-6(10)4-8(7)9/h2-5,11H,10H2,1H3. The van der Waals surface area contributed by atoms with Crippen molar-refractivity contribution < 1.29 is 5.11 Å². The van der Waals surface area contributed by atoms with E-state index >= 15 is 0 Å². The third-order valence-electron chi connectivity index (χ3n) is 1.47. The average molecular weight is 263 g/mol. The first kappa shape index (κ1) is 8.80. The Labute approximate surface area is 79.6 Å². The highest BCUT2D eigenvalue weighted by atomic mass is 127. The van der Waals surface area contributed by atoms with Crippen LogP contribution >= 0.6 is 22.6 Å². The van der Waals surface area contributed by atoms with Crippen molar-refractivity contribution in [3.05, 3.63) is 27.3 Å². The summed E-state index contributed by atoms with van der Waals surface area (Å²) in [5.41, 5.74) is 7.21. The number of benzene rings is 1. The van der Waals surface area contributed by atoms with Crippen molar-refractivity contribution in [1.29, 1.82) is 0 Å². The number of rotatable bonds is 1. The molecule has 2 nitrogen and oxygen atoms in total. The first-order valence-electron chi connectivity index (χ1n) is 3.34. The van der Waals surface area contributed by atoms with Crippen LogP contribution < -0.4 is 5.73 Å². The van der Waals surface area contributed by atoms with Crippen molar-refractivity contribution in [2.24, 2.45) is 0 Å². The number of nitrogen functional groups attached to an aromatic ring is 1. The molecule has 3 heteroatoms. The summed E-state index contributed by atoms with van der Waals surface area (Å²) in [6.45, 7) is 1.74. The number of aliphatic hydroxyl groups excluding tert-OH is 1. The van der Waals surface area contributed by atoms with Gasteiger partial charge in [0.15, 0.2) is 0 Å². The maximum absolute atomic E-state index is 9.25. The van der Waals surface area contributed by atoms with Crippen LogP contribution in [0.2, 0.25) is 0 Å². The molecule has 1 rings (SSSR count). The van der Waals surface area contributed by atoms with E-state index in [0.29, 0.717) is 0 Å². The molecule has 1 unspecified atom stereocenters. The van der Waals surface area contributed by atoms with E-state index in [2.05, 4.69) is 22.6 Å². The highest BCUT2D eigenvalue weighted by molar-refractivity contribution is 14.1. The molecule has 3 N–H and O–H groups in total. The van der Waals surface area contributed by atoms with E-state index in [-0.39, 0.29) is 0 Å². The Balaban J connectivity index is 3.09. The van der Waals surface area contributed by atoms with Crippen LogP contribution in [0.1, 0.15) is 18.6 Å². The summed E-state index contributed by atoms with van der Waals surface area (Å²) >= 11 is 2.16. The molecule has 0 aliphatic heterocycles. The lowest BCUT2D eigenvalue weighted by Gasteiger charge is -2.07. The van der Waals surface area contributed by atoms with Gasteiger partial charge in [0, 0.05) is 9.26 Å². The van der Waals surface area contributed by atoms with Gasteiger partial charge in [-0.05, 0) is 47.2 Å². The van der Waals surface area contributed by atoms with Gasteiger partial charge in [-0.3, -0.25) is 0 Å². The van der Waals surface area contributed by atoms with E-state index in [1.807, 2.05) is 12.1 Å². The van der Waals surface area contributed by atoms with Crippen molar-refractivity contribution >= 4 is 28.3 Å². The molecule has 0 bridgehead atoms. The number of nitrogens with two attached hydrogens (primary N) is 1. The lowest BCUT2D eigenvalue weighted by molar-refractivity contribution is 0.198. The summed E-state index contributed by atoms with van der Waals surface area (Å²) in [6.07, 6.45) is -0.414. The van der Waals surface area contributed by atoms with Crippen LogP contribution in [0.25, 0.3) is 0 Å². The number of hydrogen-bond donors (Lipinski definition) is 2. The molecule has 0 aromatic heterocycles. The van der Waals surface area contributed by atoms with Crippen molar-refractivity contribution in [3.63, 3.8) is 0 Å². The molecule has 0 aliphatic carbocycles. The van der Waals surface area contributed by atoms with Gasteiger partial charge in [-0.15, -0.1) is 0 Å². The quantitative estimate of drug-likeness (QED) is 0.600. The summed E-state index contributed by atoms with van der Waals surface area (Å²) in [5.74, 6) is 0. The predicted molar refractivity (Wildman–Crippen MR) is 54.2 cm³/mol. The summed E-state index contributed by atoms with van der Waals surface area (Å²) in [6, 6.07) is 5.49. The molecule has 0 heterocycles. The molecule has 0 fully saturated rings. The largest absolute Gasteiger partial charge is 0.399 e. The van der Waals surface area contributed by atoms with E-state index in [1.165, 1.54) is 0 Å². The number of anilines is 1. The molecule has 1 atom stereocenters. The zero-order valence-corrected chi connectivity index (χ0v) is 8.37. The van der Waals surface area contributed by atoms with E-state index in [4.69, 9.17) is 5.73 Å². The molecule has 0 spiro atoms. The fraction of sp³-hybridized carbons (Fsp3) is 0.250. The SMILES string of the molecule is CC(O)c1ccc(N)cc1I. The third kappa shape index (κ3) is 2.07. The Morgan fingerprint density at radius 2 is 2.18 bits per heavy atom. The second-order valence-corrected chi connectivity index (χ2v) is 3.62. The van der Waals surface area contributed by atoms with E-state index in [1.54, 1.807) is 13.0 Å². The number of hydrogen-bond acceptors (Lipinski definition) is 2. The molecular formula is C8H10INO. The molecular weight excluding hydrogens is 253 g/mol. The summed E-state index contributed by atoms with van der Waals surface area (Å²) in [5, 5.41) is 9.25. The Kier molecular flexibility index (Phi) is 2.72. The van der Waals surface area contributed by atoms with Gasteiger partial charge in [-0.1, -0.05) is 6.07 Å². The maximum Gasteiger partial charge on any atom is 0.0772 e. The molecule has 0 saturated heterocycles. The topological polar surface area (TPSA) is 46.2 Å². The van der Waals surface area contributed by atoms with Crippen LogP contribution in [-0.2, 0) is 0 Å². The molecule has 11 heavy (non-hydrogen) atoms. The first-order valence-corrected chi connectivity index (χ1v) is 4.42. The summed E-state index contributed by atoms with van der Waals surface area (Å²) in [7, 11) is 0. The Bertz CT molecular complexity index is 260. The minimum atomic E-state index is -0.414. The van der Waals surface area contributed by atoms with Gasteiger partial charge in [-0.2, -0.15) is 0 Å². The van der Waals surface area contributed by atoms with Crippen LogP contribution in [-0.4, -0.2) is 5.11 Å².